The maximum absolute atomic E-state index is 13.4. The standard InChI is InChI=1S/C22H25N5O2S/c1-2-29-19-15-9-8-14-18(19)23-21(28)20(16-10-4-3-5-11-16)30-22-24-25-26-27(22)17-12-6-7-13-17/h3-5,8-11,14-15,17,20H,2,6-7,12-13H2,1H3,(H,23,28)/t20-/m1/s1. The van der Waals surface area contributed by atoms with Crippen molar-refractivity contribution in [3.63, 3.8) is 0 Å². The van der Waals surface area contributed by atoms with Crippen molar-refractivity contribution in [1.82, 2.24) is 20.2 Å². The number of benzene rings is 2. The maximum Gasteiger partial charge on any atom is 0.242 e. The van der Waals surface area contributed by atoms with Crippen LogP contribution < -0.4 is 10.1 Å². The molecule has 1 saturated carbocycles. The number of nitrogens with one attached hydrogen (secondary N) is 1. The van der Waals surface area contributed by atoms with Crippen molar-refractivity contribution in [3.05, 3.63) is 60.2 Å². The molecule has 1 amide bonds. The van der Waals surface area contributed by atoms with E-state index in [0.717, 1.165) is 18.4 Å². The van der Waals surface area contributed by atoms with Gasteiger partial charge in [-0.3, -0.25) is 4.79 Å². The molecule has 1 aliphatic rings. The number of amides is 1. The van der Waals surface area contributed by atoms with Gasteiger partial charge in [0.15, 0.2) is 0 Å². The monoisotopic (exact) mass is 423 g/mol. The zero-order valence-corrected chi connectivity index (χ0v) is 17.7. The van der Waals surface area contributed by atoms with Gasteiger partial charge in [-0.15, -0.1) is 5.10 Å². The molecule has 7 nitrogen and oxygen atoms in total. The fraction of sp³-hybridized carbons (Fsp3) is 0.364. The summed E-state index contributed by atoms with van der Waals surface area (Å²) in [5, 5.41) is 15.5. The Balaban J connectivity index is 1.60. The second kappa shape index (κ2) is 9.75. The first-order chi connectivity index (χ1) is 14.8. The number of rotatable bonds is 8. The zero-order chi connectivity index (χ0) is 20.8. The number of carbonyl (C=O) groups excluding carboxylic acids is 1. The Kier molecular flexibility index (Phi) is 6.63. The van der Waals surface area contributed by atoms with Gasteiger partial charge in [-0.05, 0) is 47.9 Å². The maximum atomic E-state index is 13.4. The van der Waals surface area contributed by atoms with E-state index in [1.54, 1.807) is 0 Å². The minimum Gasteiger partial charge on any atom is -0.492 e. The lowest BCUT2D eigenvalue weighted by molar-refractivity contribution is -0.115. The Morgan fingerprint density at radius 2 is 1.90 bits per heavy atom. The molecule has 30 heavy (non-hydrogen) atoms. The third-order valence-corrected chi connectivity index (χ3v) is 6.34. The van der Waals surface area contributed by atoms with Crippen molar-refractivity contribution in [2.45, 2.75) is 49.1 Å². The van der Waals surface area contributed by atoms with E-state index in [2.05, 4.69) is 20.8 Å². The van der Waals surface area contributed by atoms with E-state index in [9.17, 15) is 4.79 Å². The highest BCUT2D eigenvalue weighted by Crippen LogP contribution is 2.38. The number of hydrogen-bond donors (Lipinski definition) is 1. The Morgan fingerprint density at radius 3 is 2.67 bits per heavy atom. The van der Waals surface area contributed by atoms with Crippen molar-refractivity contribution in [2.24, 2.45) is 0 Å². The highest BCUT2D eigenvalue weighted by molar-refractivity contribution is 8.00. The van der Waals surface area contributed by atoms with Gasteiger partial charge in [0.1, 0.15) is 11.0 Å². The van der Waals surface area contributed by atoms with Crippen LogP contribution in [0.5, 0.6) is 5.75 Å². The summed E-state index contributed by atoms with van der Waals surface area (Å²) < 4.78 is 7.54. The molecular formula is C22H25N5O2S. The topological polar surface area (TPSA) is 81.9 Å². The van der Waals surface area contributed by atoms with Crippen molar-refractivity contribution >= 4 is 23.4 Å². The van der Waals surface area contributed by atoms with E-state index in [0.29, 0.717) is 29.2 Å². The van der Waals surface area contributed by atoms with Crippen molar-refractivity contribution < 1.29 is 9.53 Å². The predicted molar refractivity (Wildman–Crippen MR) is 117 cm³/mol. The number of aromatic nitrogens is 4. The summed E-state index contributed by atoms with van der Waals surface area (Å²) >= 11 is 1.38. The van der Waals surface area contributed by atoms with E-state index >= 15 is 0 Å². The van der Waals surface area contributed by atoms with Crippen LogP contribution in [0.2, 0.25) is 0 Å². The molecule has 1 N–H and O–H groups in total. The van der Waals surface area contributed by atoms with E-state index in [-0.39, 0.29) is 5.91 Å². The van der Waals surface area contributed by atoms with Crippen LogP contribution in [0.1, 0.15) is 49.5 Å². The molecule has 3 aromatic rings. The molecule has 0 radical (unpaired) electrons. The van der Waals surface area contributed by atoms with Gasteiger partial charge in [0.25, 0.3) is 0 Å². The SMILES string of the molecule is CCOc1ccccc1NC(=O)[C@H](Sc1nnnn1C1CCCC1)c1ccccc1. The van der Waals surface area contributed by atoms with Crippen LogP contribution in [-0.4, -0.2) is 32.7 Å². The molecule has 0 bridgehead atoms. The summed E-state index contributed by atoms with van der Waals surface area (Å²) in [4.78, 5) is 13.4. The molecular weight excluding hydrogens is 398 g/mol. The second-order valence-corrected chi connectivity index (χ2v) is 8.24. The van der Waals surface area contributed by atoms with Gasteiger partial charge in [0, 0.05) is 0 Å². The van der Waals surface area contributed by atoms with Gasteiger partial charge in [-0.25, -0.2) is 4.68 Å². The smallest absolute Gasteiger partial charge is 0.242 e. The predicted octanol–water partition coefficient (Wildman–Crippen LogP) is 4.66. The number of thioether (sulfide) groups is 1. The second-order valence-electron chi connectivity index (χ2n) is 7.17. The number of ether oxygens (including phenoxy) is 1. The van der Waals surface area contributed by atoms with Crippen molar-refractivity contribution in [1.29, 1.82) is 0 Å². The lowest BCUT2D eigenvalue weighted by Crippen LogP contribution is -2.20. The van der Waals surface area contributed by atoms with Crippen LogP contribution in [0, 0.1) is 0 Å². The number of nitrogens with zero attached hydrogens (tertiary/aromatic N) is 4. The molecule has 156 valence electrons. The van der Waals surface area contributed by atoms with Crippen LogP contribution in [0.15, 0.2) is 59.8 Å². The first-order valence-electron chi connectivity index (χ1n) is 10.3. The number of anilines is 1. The molecule has 0 unspecified atom stereocenters. The highest BCUT2D eigenvalue weighted by atomic mass is 32.2. The van der Waals surface area contributed by atoms with Crippen LogP contribution in [0.25, 0.3) is 0 Å². The van der Waals surface area contributed by atoms with E-state index in [1.165, 1.54) is 24.6 Å². The quantitative estimate of drug-likeness (QED) is 0.531. The number of hydrogen-bond acceptors (Lipinski definition) is 6. The van der Waals surface area contributed by atoms with Gasteiger partial charge in [-0.2, -0.15) is 0 Å². The molecule has 0 saturated heterocycles. The average Bonchev–Trinajstić information content (AvgIpc) is 3.46. The van der Waals surface area contributed by atoms with Gasteiger partial charge in [0.05, 0.1) is 18.3 Å². The molecule has 1 aromatic heterocycles. The summed E-state index contributed by atoms with van der Waals surface area (Å²) in [6.07, 6.45) is 4.52. The van der Waals surface area contributed by atoms with Crippen LogP contribution >= 0.6 is 11.8 Å². The lowest BCUT2D eigenvalue weighted by atomic mass is 10.1. The van der Waals surface area contributed by atoms with Crippen LogP contribution in [0.3, 0.4) is 0 Å². The molecule has 1 heterocycles. The summed E-state index contributed by atoms with van der Waals surface area (Å²) in [5.41, 5.74) is 1.55. The molecule has 1 atom stereocenters. The number of para-hydroxylation sites is 2. The Morgan fingerprint density at radius 1 is 1.17 bits per heavy atom. The lowest BCUT2D eigenvalue weighted by Gasteiger charge is -2.19. The zero-order valence-electron chi connectivity index (χ0n) is 16.9. The van der Waals surface area contributed by atoms with Crippen molar-refractivity contribution in [2.75, 3.05) is 11.9 Å². The van der Waals surface area contributed by atoms with Crippen molar-refractivity contribution in [3.8, 4) is 5.75 Å². The Labute approximate surface area is 180 Å². The molecule has 0 aliphatic heterocycles. The van der Waals surface area contributed by atoms with Gasteiger partial charge in [-0.1, -0.05) is 67.1 Å². The fourth-order valence-electron chi connectivity index (χ4n) is 3.70. The van der Waals surface area contributed by atoms with E-state index in [4.69, 9.17) is 4.74 Å². The summed E-state index contributed by atoms with van der Waals surface area (Å²) in [6, 6.07) is 17.5. The third-order valence-electron chi connectivity index (χ3n) is 5.14. The highest BCUT2D eigenvalue weighted by Gasteiger charge is 2.28. The van der Waals surface area contributed by atoms with Gasteiger partial charge < -0.3 is 10.1 Å². The average molecular weight is 424 g/mol. The summed E-state index contributed by atoms with van der Waals surface area (Å²) in [6.45, 7) is 2.45. The third kappa shape index (κ3) is 4.64. The first-order valence-corrected chi connectivity index (χ1v) is 11.2. The minimum absolute atomic E-state index is 0.140. The largest absolute Gasteiger partial charge is 0.492 e. The first kappa shape index (κ1) is 20.4. The number of tetrazole rings is 1. The summed E-state index contributed by atoms with van der Waals surface area (Å²) in [5.74, 6) is 0.514. The molecule has 2 aromatic carbocycles. The van der Waals surface area contributed by atoms with Crippen LogP contribution in [-0.2, 0) is 4.79 Å². The summed E-state index contributed by atoms with van der Waals surface area (Å²) in [7, 11) is 0. The molecule has 4 rings (SSSR count). The van der Waals surface area contributed by atoms with Crippen LogP contribution in [0.4, 0.5) is 5.69 Å². The number of carbonyl (C=O) groups is 1. The van der Waals surface area contributed by atoms with E-state index in [1.807, 2.05) is 66.2 Å². The minimum atomic E-state index is -0.493. The molecule has 0 spiro atoms. The Bertz CT molecular complexity index is 972. The fourth-order valence-corrected chi connectivity index (χ4v) is 4.74. The Hall–Kier alpha value is -2.87. The van der Waals surface area contributed by atoms with E-state index < -0.39 is 5.25 Å². The molecule has 1 aliphatic carbocycles. The van der Waals surface area contributed by atoms with Gasteiger partial charge in [0.2, 0.25) is 11.1 Å². The molecule has 8 heteroatoms. The normalized spacial score (nSPS) is 15.1. The van der Waals surface area contributed by atoms with Gasteiger partial charge >= 0.3 is 0 Å². The molecule has 1 fully saturated rings.